The highest BCUT2D eigenvalue weighted by Crippen LogP contribution is 2.45. The standard InChI is InChI=1S/C25H20BFN6O3S/c26-15-3-6-18(17(27)11-15)33-22-19-20(31-25(33)35)21(37-24(19)29-13-28-22)23(34)30-16-4-1-14(2-5-16)12-32-7-9-36-10-8-32/h1-6,11,13H,7-10,12H2,(H,30,34)(H,31,35). The molecule has 4 heterocycles. The zero-order chi connectivity index (χ0) is 25.5. The van der Waals surface area contributed by atoms with Gasteiger partial charge in [-0.25, -0.2) is 24.1 Å². The van der Waals surface area contributed by atoms with Crippen molar-refractivity contribution in [2.75, 3.05) is 41.8 Å². The molecular weight excluding hydrogens is 494 g/mol. The molecular formula is C25H20BFN6O3S. The van der Waals surface area contributed by atoms with Gasteiger partial charge in [-0.3, -0.25) is 9.69 Å². The molecule has 6 rings (SSSR count). The molecule has 2 radical (unpaired) electrons. The van der Waals surface area contributed by atoms with E-state index in [1.165, 1.54) is 18.5 Å². The van der Waals surface area contributed by atoms with Crippen LogP contribution in [-0.2, 0) is 11.3 Å². The van der Waals surface area contributed by atoms with Crippen molar-refractivity contribution in [3.8, 4) is 0 Å². The van der Waals surface area contributed by atoms with E-state index in [9.17, 15) is 14.0 Å². The highest BCUT2D eigenvalue weighted by molar-refractivity contribution is 7.21. The third-order valence-electron chi connectivity index (χ3n) is 6.26. The molecule has 2 N–H and O–H groups in total. The number of urea groups is 1. The summed E-state index contributed by atoms with van der Waals surface area (Å²) >= 11 is 1.13. The van der Waals surface area contributed by atoms with Crippen LogP contribution in [0.25, 0.3) is 10.2 Å². The van der Waals surface area contributed by atoms with Crippen LogP contribution in [0.15, 0.2) is 48.8 Å². The van der Waals surface area contributed by atoms with E-state index in [4.69, 9.17) is 12.6 Å². The Bertz CT molecular complexity index is 1520. The number of amides is 3. The minimum atomic E-state index is -0.671. The van der Waals surface area contributed by atoms with Gasteiger partial charge in [0.25, 0.3) is 5.91 Å². The minimum absolute atomic E-state index is 0.00767. The number of anilines is 4. The summed E-state index contributed by atoms with van der Waals surface area (Å²) in [6.45, 7) is 4.08. The fourth-order valence-corrected chi connectivity index (χ4v) is 5.44. The molecule has 0 atom stereocenters. The molecule has 0 aliphatic carbocycles. The second kappa shape index (κ2) is 9.54. The van der Waals surface area contributed by atoms with E-state index in [0.717, 1.165) is 60.7 Å². The number of carbonyl (C=O) groups excluding carboxylic acids is 2. The summed E-state index contributed by atoms with van der Waals surface area (Å²) in [5.74, 6) is -0.872. The molecule has 0 bridgehead atoms. The number of ether oxygens (including phenoxy) is 1. The predicted octanol–water partition coefficient (Wildman–Crippen LogP) is 3.39. The van der Waals surface area contributed by atoms with Crippen molar-refractivity contribution in [1.82, 2.24) is 14.9 Å². The SMILES string of the molecule is [B]c1ccc(N2C(=O)Nc3c(C(=O)Nc4ccc(CN5CCOCC5)cc4)sc4ncnc2c34)c(F)c1. The van der Waals surface area contributed by atoms with E-state index in [-0.39, 0.29) is 21.8 Å². The molecule has 0 unspecified atom stereocenters. The number of benzene rings is 2. The van der Waals surface area contributed by atoms with Gasteiger partial charge in [0.2, 0.25) is 0 Å². The maximum absolute atomic E-state index is 14.7. The van der Waals surface area contributed by atoms with Crippen molar-refractivity contribution in [3.05, 3.63) is 65.0 Å². The number of thiophene rings is 1. The van der Waals surface area contributed by atoms with Gasteiger partial charge in [-0.1, -0.05) is 23.7 Å². The second-order valence-corrected chi connectivity index (χ2v) is 9.70. The Morgan fingerprint density at radius 2 is 1.95 bits per heavy atom. The maximum Gasteiger partial charge on any atom is 0.332 e. The fourth-order valence-electron chi connectivity index (χ4n) is 4.45. The number of nitrogens with one attached hydrogen (secondary N) is 2. The number of morpholine rings is 1. The number of nitrogens with zero attached hydrogens (tertiary/aromatic N) is 4. The van der Waals surface area contributed by atoms with Crippen LogP contribution in [0.5, 0.6) is 0 Å². The molecule has 0 spiro atoms. The van der Waals surface area contributed by atoms with Gasteiger partial charge in [0, 0.05) is 25.3 Å². The van der Waals surface area contributed by atoms with Crippen molar-refractivity contribution in [3.63, 3.8) is 0 Å². The lowest BCUT2D eigenvalue weighted by molar-refractivity contribution is 0.0342. The first kappa shape index (κ1) is 23.5. The summed E-state index contributed by atoms with van der Waals surface area (Å²) in [6.07, 6.45) is 1.29. The van der Waals surface area contributed by atoms with Crippen LogP contribution in [0, 0.1) is 5.82 Å². The molecule has 184 valence electrons. The molecule has 37 heavy (non-hydrogen) atoms. The van der Waals surface area contributed by atoms with E-state index in [0.29, 0.717) is 21.6 Å². The second-order valence-electron chi connectivity index (χ2n) is 8.70. The first-order valence-corrected chi connectivity index (χ1v) is 12.4. The Kier molecular flexibility index (Phi) is 6.07. The summed E-state index contributed by atoms with van der Waals surface area (Å²) < 4.78 is 20.1. The highest BCUT2D eigenvalue weighted by atomic mass is 32.1. The molecule has 3 amide bonds. The van der Waals surface area contributed by atoms with Crippen molar-refractivity contribution < 1.29 is 18.7 Å². The molecule has 2 aromatic heterocycles. The molecule has 0 saturated carbocycles. The first-order chi connectivity index (χ1) is 18.0. The van der Waals surface area contributed by atoms with Gasteiger partial charge >= 0.3 is 6.03 Å². The number of halogens is 1. The molecule has 12 heteroatoms. The summed E-state index contributed by atoms with van der Waals surface area (Å²) in [7, 11) is 5.66. The van der Waals surface area contributed by atoms with E-state index in [1.807, 2.05) is 24.3 Å². The Balaban J connectivity index is 1.27. The van der Waals surface area contributed by atoms with Gasteiger partial charge in [-0.05, 0) is 29.8 Å². The largest absolute Gasteiger partial charge is 0.379 e. The predicted molar refractivity (Wildman–Crippen MR) is 141 cm³/mol. The molecule has 1 saturated heterocycles. The van der Waals surface area contributed by atoms with Crippen LogP contribution in [-0.4, -0.2) is 61.0 Å². The van der Waals surface area contributed by atoms with Crippen LogP contribution in [0.4, 0.5) is 32.1 Å². The van der Waals surface area contributed by atoms with Crippen LogP contribution < -0.4 is 21.0 Å². The number of hydrogen-bond acceptors (Lipinski definition) is 7. The van der Waals surface area contributed by atoms with Gasteiger partial charge in [0.1, 0.15) is 29.7 Å². The molecule has 2 aromatic carbocycles. The number of rotatable bonds is 5. The number of aromatic nitrogens is 2. The zero-order valence-corrected chi connectivity index (χ0v) is 20.3. The first-order valence-electron chi connectivity index (χ1n) is 11.6. The quantitative estimate of drug-likeness (QED) is 0.397. The average Bonchev–Trinajstić information content (AvgIpc) is 3.26. The van der Waals surface area contributed by atoms with Crippen molar-refractivity contribution in [2.24, 2.45) is 0 Å². The third kappa shape index (κ3) is 4.43. The van der Waals surface area contributed by atoms with Crippen molar-refractivity contribution in [2.45, 2.75) is 6.54 Å². The fraction of sp³-hybridized carbons (Fsp3) is 0.200. The summed E-state index contributed by atoms with van der Waals surface area (Å²) in [5, 5.41) is 6.09. The van der Waals surface area contributed by atoms with Crippen LogP contribution in [0.3, 0.4) is 0 Å². The summed E-state index contributed by atoms with van der Waals surface area (Å²) in [6, 6.07) is 11.1. The summed E-state index contributed by atoms with van der Waals surface area (Å²) in [4.78, 5) is 39.0. The zero-order valence-electron chi connectivity index (χ0n) is 19.5. The van der Waals surface area contributed by atoms with Crippen molar-refractivity contribution in [1.29, 1.82) is 0 Å². The van der Waals surface area contributed by atoms with E-state index in [1.54, 1.807) is 0 Å². The molecule has 1 fully saturated rings. The Morgan fingerprint density at radius 3 is 2.70 bits per heavy atom. The van der Waals surface area contributed by atoms with Gasteiger partial charge < -0.3 is 15.4 Å². The van der Waals surface area contributed by atoms with Crippen LogP contribution >= 0.6 is 11.3 Å². The lowest BCUT2D eigenvalue weighted by Crippen LogP contribution is -2.35. The lowest BCUT2D eigenvalue weighted by Gasteiger charge is -2.27. The molecule has 4 aromatic rings. The lowest BCUT2D eigenvalue weighted by atomic mass is 9.96. The molecule has 9 nitrogen and oxygen atoms in total. The Hall–Kier alpha value is -3.87. The van der Waals surface area contributed by atoms with E-state index >= 15 is 0 Å². The van der Waals surface area contributed by atoms with Gasteiger partial charge in [-0.2, -0.15) is 0 Å². The summed E-state index contributed by atoms with van der Waals surface area (Å²) in [5.41, 5.74) is 2.29. The van der Waals surface area contributed by atoms with E-state index in [2.05, 4.69) is 25.5 Å². The van der Waals surface area contributed by atoms with E-state index < -0.39 is 17.8 Å². The number of hydrogen-bond donors (Lipinski definition) is 2. The highest BCUT2D eigenvalue weighted by Gasteiger charge is 2.34. The van der Waals surface area contributed by atoms with Crippen LogP contribution in [0.2, 0.25) is 0 Å². The Morgan fingerprint density at radius 1 is 1.16 bits per heavy atom. The monoisotopic (exact) mass is 514 g/mol. The maximum atomic E-state index is 14.7. The third-order valence-corrected chi connectivity index (χ3v) is 7.35. The topological polar surface area (TPSA) is 99.7 Å². The van der Waals surface area contributed by atoms with Crippen molar-refractivity contribution >= 4 is 69.7 Å². The normalized spacial score (nSPS) is 15.6. The minimum Gasteiger partial charge on any atom is -0.379 e. The molecule has 2 aliphatic rings. The number of carbonyl (C=O) groups is 2. The Labute approximate surface area is 216 Å². The smallest absolute Gasteiger partial charge is 0.332 e. The molecule has 2 aliphatic heterocycles. The van der Waals surface area contributed by atoms with Gasteiger partial charge in [-0.15, -0.1) is 11.3 Å². The van der Waals surface area contributed by atoms with Gasteiger partial charge in [0.05, 0.1) is 30.0 Å². The van der Waals surface area contributed by atoms with Crippen LogP contribution in [0.1, 0.15) is 15.2 Å². The van der Waals surface area contributed by atoms with Gasteiger partial charge in [0.15, 0.2) is 5.82 Å². The average molecular weight is 514 g/mol.